The molecule has 39 heavy (non-hydrogen) atoms. The maximum atomic E-state index is 2.51. The molecule has 230 valence electrons. The van der Waals surface area contributed by atoms with Gasteiger partial charge >= 0.3 is 0 Å². The highest BCUT2D eigenvalue weighted by atomic mass is 32.1. The van der Waals surface area contributed by atoms with Gasteiger partial charge < -0.3 is 0 Å². The second-order valence-corrected chi connectivity index (χ2v) is 14.1. The van der Waals surface area contributed by atoms with Gasteiger partial charge in [0.2, 0.25) is 0 Å². The van der Waals surface area contributed by atoms with Crippen molar-refractivity contribution >= 4 is 11.3 Å². The van der Waals surface area contributed by atoms with Crippen molar-refractivity contribution in [3.05, 3.63) is 21.4 Å². The van der Waals surface area contributed by atoms with Crippen LogP contribution in [-0.2, 0) is 12.8 Å². The van der Waals surface area contributed by atoms with Crippen LogP contribution < -0.4 is 0 Å². The molecule has 0 bridgehead atoms. The zero-order chi connectivity index (χ0) is 28.1. The van der Waals surface area contributed by atoms with E-state index in [-0.39, 0.29) is 0 Å². The van der Waals surface area contributed by atoms with E-state index in [2.05, 4.69) is 38.2 Å². The summed E-state index contributed by atoms with van der Waals surface area (Å²) in [5, 5.41) is 0. The van der Waals surface area contributed by atoms with Gasteiger partial charge in [-0.1, -0.05) is 187 Å². The molecule has 1 aromatic heterocycles. The highest BCUT2D eigenvalue weighted by Crippen LogP contribution is 2.26. The normalized spacial score (nSPS) is 11.6. The Balaban J connectivity index is 1.87. The van der Waals surface area contributed by atoms with Crippen LogP contribution in [0.5, 0.6) is 0 Å². The molecule has 1 aromatic rings. The molecule has 0 saturated carbocycles. The van der Waals surface area contributed by atoms with E-state index >= 15 is 0 Å². The molecule has 0 unspecified atom stereocenters. The number of hydrogen-bond donors (Lipinski definition) is 0. The zero-order valence-corrected chi connectivity index (χ0v) is 28.2. The Morgan fingerprint density at radius 1 is 0.385 bits per heavy atom. The molecule has 0 atom stereocenters. The van der Waals surface area contributed by atoms with Gasteiger partial charge in [0.1, 0.15) is 0 Å². The molecule has 0 fully saturated rings. The maximum absolute atomic E-state index is 2.51. The van der Waals surface area contributed by atoms with Crippen molar-refractivity contribution < 1.29 is 0 Å². The quantitative estimate of drug-likeness (QED) is 0.0792. The molecule has 1 heterocycles. The van der Waals surface area contributed by atoms with E-state index < -0.39 is 0 Å². The Labute approximate surface area is 251 Å². The fourth-order valence-corrected chi connectivity index (χ4v) is 7.38. The van der Waals surface area contributed by atoms with Gasteiger partial charge in [-0.15, -0.1) is 11.3 Å². The lowest BCUT2D eigenvalue weighted by Gasteiger charge is -2.04. The van der Waals surface area contributed by atoms with Crippen molar-refractivity contribution in [2.24, 2.45) is 0 Å². The van der Waals surface area contributed by atoms with Gasteiger partial charge in [-0.2, -0.15) is 0 Å². The first kappa shape index (κ1) is 36.7. The number of hydrogen-bond acceptors (Lipinski definition) is 1. The first-order valence-corrected chi connectivity index (χ1v) is 19.2. The molecule has 0 nitrogen and oxygen atoms in total. The molecule has 0 N–H and O–H groups in total. The Morgan fingerprint density at radius 2 is 0.667 bits per heavy atom. The second-order valence-electron chi connectivity index (χ2n) is 12.9. The highest BCUT2D eigenvalue weighted by molar-refractivity contribution is 7.12. The maximum Gasteiger partial charge on any atom is 0.00773 e. The second kappa shape index (κ2) is 29.2. The van der Waals surface area contributed by atoms with Crippen LogP contribution in [0.4, 0.5) is 0 Å². The minimum Gasteiger partial charge on any atom is -0.145 e. The molecule has 0 saturated heterocycles. The third-order valence-corrected chi connectivity index (χ3v) is 10.2. The van der Waals surface area contributed by atoms with Crippen molar-refractivity contribution in [2.75, 3.05) is 0 Å². The van der Waals surface area contributed by atoms with Crippen LogP contribution >= 0.6 is 11.3 Å². The minimum atomic E-state index is 1.32. The van der Waals surface area contributed by atoms with Gasteiger partial charge in [-0.25, -0.2) is 0 Å². The molecule has 0 radical (unpaired) electrons. The average molecular weight is 561 g/mol. The van der Waals surface area contributed by atoms with Gasteiger partial charge in [0.05, 0.1) is 0 Å². The molecular weight excluding hydrogens is 488 g/mol. The lowest BCUT2D eigenvalue weighted by atomic mass is 10.0. The molecule has 0 spiro atoms. The monoisotopic (exact) mass is 561 g/mol. The van der Waals surface area contributed by atoms with E-state index in [1.165, 1.54) is 199 Å². The molecule has 1 heteroatoms. The van der Waals surface area contributed by atoms with Crippen molar-refractivity contribution in [3.8, 4) is 0 Å². The summed E-state index contributed by atoms with van der Waals surface area (Å²) < 4.78 is 0. The third kappa shape index (κ3) is 24.0. The topological polar surface area (TPSA) is 0 Å². The van der Waals surface area contributed by atoms with Gasteiger partial charge in [0, 0.05) is 9.75 Å². The molecule has 0 aliphatic rings. The van der Waals surface area contributed by atoms with E-state index in [4.69, 9.17) is 0 Å². The Bertz CT molecular complexity index is 600. The van der Waals surface area contributed by atoms with Gasteiger partial charge in [-0.05, 0) is 44.2 Å². The summed E-state index contributed by atoms with van der Waals surface area (Å²) in [5.74, 6) is 0. The van der Waals surface area contributed by atoms with Gasteiger partial charge in [0.25, 0.3) is 0 Å². The summed E-state index contributed by atoms with van der Waals surface area (Å²) in [6.45, 7) is 6.97. The molecule has 0 aliphatic carbocycles. The van der Waals surface area contributed by atoms with Crippen LogP contribution in [0.1, 0.15) is 215 Å². The number of aryl methyl sites for hydroxylation is 3. The summed E-state index contributed by atoms with van der Waals surface area (Å²) in [6, 6.07) is 2.51. The summed E-state index contributed by atoms with van der Waals surface area (Å²) in [5.41, 5.74) is 1.57. The largest absolute Gasteiger partial charge is 0.145 e. The van der Waals surface area contributed by atoms with E-state index in [0.29, 0.717) is 0 Å². The van der Waals surface area contributed by atoms with Gasteiger partial charge in [-0.3, -0.25) is 0 Å². The van der Waals surface area contributed by atoms with Crippen LogP contribution in [0.3, 0.4) is 0 Å². The Morgan fingerprint density at radius 3 is 1.00 bits per heavy atom. The Hall–Kier alpha value is -0.300. The summed E-state index contributed by atoms with van der Waals surface area (Å²) in [7, 11) is 0. The smallest absolute Gasteiger partial charge is 0.00773 e. The van der Waals surface area contributed by atoms with E-state index in [0.717, 1.165) is 0 Å². The lowest BCUT2D eigenvalue weighted by molar-refractivity contribution is 0.529. The predicted octanol–water partition coefficient (Wildman–Crippen LogP) is 14.5. The average Bonchev–Trinajstić information content (AvgIpc) is 3.29. The number of thiophene rings is 1. The number of unbranched alkanes of at least 4 members (excludes halogenated alkanes) is 27. The fourth-order valence-electron chi connectivity index (χ4n) is 6.11. The summed E-state index contributed by atoms with van der Waals surface area (Å²) in [4.78, 5) is 3.34. The van der Waals surface area contributed by atoms with Crippen molar-refractivity contribution in [1.82, 2.24) is 0 Å². The third-order valence-electron chi connectivity index (χ3n) is 8.86. The van der Waals surface area contributed by atoms with Crippen LogP contribution in [-0.4, -0.2) is 0 Å². The number of rotatable bonds is 31. The minimum absolute atomic E-state index is 1.32. The van der Waals surface area contributed by atoms with Crippen molar-refractivity contribution in [3.63, 3.8) is 0 Å². The Kier molecular flexibility index (Phi) is 27.5. The molecule has 1 rings (SSSR count). The summed E-state index contributed by atoms with van der Waals surface area (Å²) in [6.07, 6.45) is 44.8. The fraction of sp³-hybridized carbons (Fsp3) is 0.895. The highest BCUT2D eigenvalue weighted by Gasteiger charge is 2.06. The van der Waals surface area contributed by atoms with Crippen LogP contribution in [0.2, 0.25) is 0 Å². The zero-order valence-electron chi connectivity index (χ0n) is 27.4. The standard InChI is InChI=1S/C38H72S/c1-4-6-8-10-12-14-16-18-19-20-22-23-25-27-29-31-33-37-35-36(3)38(39-37)34-32-30-28-26-24-21-17-15-13-11-9-7-5-2/h35H,4-34H2,1-3H3. The molecular formula is C38H72S. The molecule has 0 aromatic carbocycles. The van der Waals surface area contributed by atoms with E-state index in [1.807, 2.05) is 0 Å². The predicted molar refractivity (Wildman–Crippen MR) is 182 cm³/mol. The first-order chi connectivity index (χ1) is 19.3. The first-order valence-electron chi connectivity index (χ1n) is 18.4. The van der Waals surface area contributed by atoms with Crippen LogP contribution in [0.15, 0.2) is 6.07 Å². The van der Waals surface area contributed by atoms with E-state index in [1.54, 1.807) is 15.3 Å². The summed E-state index contributed by atoms with van der Waals surface area (Å²) >= 11 is 2.13. The van der Waals surface area contributed by atoms with Crippen molar-refractivity contribution in [1.29, 1.82) is 0 Å². The van der Waals surface area contributed by atoms with E-state index in [9.17, 15) is 0 Å². The molecule has 0 amide bonds. The lowest BCUT2D eigenvalue weighted by Crippen LogP contribution is -1.86. The molecule has 0 aliphatic heterocycles. The SMILES string of the molecule is CCCCCCCCCCCCCCCCCCc1cc(C)c(CCCCCCCCCCCCCCC)s1. The van der Waals surface area contributed by atoms with Crippen LogP contribution in [0.25, 0.3) is 0 Å². The van der Waals surface area contributed by atoms with Gasteiger partial charge in [0.15, 0.2) is 0 Å². The van der Waals surface area contributed by atoms with Crippen molar-refractivity contribution in [2.45, 2.75) is 220 Å². The van der Waals surface area contributed by atoms with Crippen LogP contribution in [0, 0.1) is 6.92 Å².